The summed E-state index contributed by atoms with van der Waals surface area (Å²) >= 11 is 1.06. The number of aromatic nitrogens is 4. The predicted octanol–water partition coefficient (Wildman–Crippen LogP) is 2.39. The van der Waals surface area contributed by atoms with E-state index in [-0.39, 0.29) is 10.7 Å². The SMILES string of the molecule is CCCNc1ccc([N+](=O)[O-])c(Sc2n[nH]c(C)n2)n1. The van der Waals surface area contributed by atoms with Crippen LogP contribution in [-0.4, -0.2) is 31.6 Å². The van der Waals surface area contributed by atoms with E-state index in [1.165, 1.54) is 6.07 Å². The van der Waals surface area contributed by atoms with Gasteiger partial charge in [0.25, 0.3) is 0 Å². The Hall–Kier alpha value is -2.16. The molecule has 0 aliphatic rings. The summed E-state index contributed by atoms with van der Waals surface area (Å²) in [6, 6.07) is 3.04. The molecule has 0 unspecified atom stereocenters. The summed E-state index contributed by atoms with van der Waals surface area (Å²) in [5.74, 6) is 1.25. The largest absolute Gasteiger partial charge is 0.370 e. The van der Waals surface area contributed by atoms with Gasteiger partial charge in [0.2, 0.25) is 5.16 Å². The lowest BCUT2D eigenvalue weighted by atomic mass is 10.4. The molecule has 0 saturated carbocycles. The van der Waals surface area contributed by atoms with Crippen molar-refractivity contribution in [2.24, 2.45) is 0 Å². The van der Waals surface area contributed by atoms with E-state index < -0.39 is 4.92 Å². The maximum Gasteiger partial charge on any atom is 0.301 e. The van der Waals surface area contributed by atoms with Crippen LogP contribution in [0, 0.1) is 17.0 Å². The van der Waals surface area contributed by atoms with Gasteiger partial charge in [-0.2, -0.15) is 0 Å². The summed E-state index contributed by atoms with van der Waals surface area (Å²) in [5, 5.41) is 21.4. The molecular weight excluding hydrogens is 280 g/mol. The van der Waals surface area contributed by atoms with Crippen molar-refractivity contribution in [3.8, 4) is 0 Å². The molecule has 0 aliphatic heterocycles. The number of hydrogen-bond acceptors (Lipinski definition) is 7. The molecule has 0 fully saturated rings. The van der Waals surface area contributed by atoms with Crippen LogP contribution in [0.5, 0.6) is 0 Å². The van der Waals surface area contributed by atoms with Crippen molar-refractivity contribution < 1.29 is 4.92 Å². The standard InChI is InChI=1S/C11H14N6O2S/c1-3-6-12-9-5-4-8(17(18)19)10(14-9)20-11-13-7(2)15-16-11/h4-5H,3,6H2,1-2H3,(H,12,14)(H,13,15,16). The van der Waals surface area contributed by atoms with E-state index in [1.807, 2.05) is 6.92 Å². The third-order valence-electron chi connectivity index (χ3n) is 2.36. The Balaban J connectivity index is 2.28. The summed E-state index contributed by atoms with van der Waals surface area (Å²) in [4.78, 5) is 18.9. The summed E-state index contributed by atoms with van der Waals surface area (Å²) in [7, 11) is 0. The molecule has 0 amide bonds. The Morgan fingerprint density at radius 2 is 2.25 bits per heavy atom. The molecule has 2 heterocycles. The number of nitrogens with zero attached hydrogens (tertiary/aromatic N) is 4. The third-order valence-corrected chi connectivity index (χ3v) is 3.22. The number of anilines is 1. The fraction of sp³-hybridized carbons (Fsp3) is 0.364. The highest BCUT2D eigenvalue weighted by Gasteiger charge is 2.19. The average molecular weight is 294 g/mol. The number of rotatable bonds is 6. The summed E-state index contributed by atoms with van der Waals surface area (Å²) in [5.41, 5.74) is -0.0560. The lowest BCUT2D eigenvalue weighted by molar-refractivity contribution is -0.388. The Morgan fingerprint density at radius 3 is 2.85 bits per heavy atom. The quantitative estimate of drug-likeness (QED) is 0.621. The molecule has 20 heavy (non-hydrogen) atoms. The zero-order chi connectivity index (χ0) is 14.5. The van der Waals surface area contributed by atoms with Crippen molar-refractivity contribution in [3.63, 3.8) is 0 Å². The highest BCUT2D eigenvalue weighted by molar-refractivity contribution is 7.99. The Labute approximate surface area is 119 Å². The molecule has 2 aromatic rings. The van der Waals surface area contributed by atoms with E-state index in [0.717, 1.165) is 24.7 Å². The van der Waals surface area contributed by atoms with Crippen molar-refractivity contribution in [1.29, 1.82) is 0 Å². The molecular formula is C11H14N6O2S. The first-order valence-corrected chi connectivity index (χ1v) is 6.88. The van der Waals surface area contributed by atoms with Crippen molar-refractivity contribution in [1.82, 2.24) is 20.2 Å². The molecule has 8 nitrogen and oxygen atoms in total. The fourth-order valence-electron chi connectivity index (χ4n) is 1.45. The molecule has 0 bridgehead atoms. The van der Waals surface area contributed by atoms with E-state index >= 15 is 0 Å². The van der Waals surface area contributed by atoms with Crippen LogP contribution in [0.1, 0.15) is 19.2 Å². The molecule has 0 aliphatic carbocycles. The van der Waals surface area contributed by atoms with Crippen molar-refractivity contribution in [2.45, 2.75) is 30.5 Å². The molecule has 2 rings (SSSR count). The molecule has 0 spiro atoms. The van der Waals surface area contributed by atoms with Crippen LogP contribution >= 0.6 is 11.8 Å². The number of nitro groups is 1. The van der Waals surface area contributed by atoms with E-state index in [9.17, 15) is 10.1 Å². The molecule has 106 valence electrons. The molecule has 9 heteroatoms. The minimum atomic E-state index is -0.460. The van der Waals surface area contributed by atoms with Crippen LogP contribution in [0.2, 0.25) is 0 Å². The van der Waals surface area contributed by atoms with E-state index in [0.29, 0.717) is 16.8 Å². The first kappa shape index (κ1) is 14.3. The van der Waals surface area contributed by atoms with Gasteiger partial charge in [-0.25, -0.2) is 9.97 Å². The lowest BCUT2D eigenvalue weighted by Gasteiger charge is -2.05. The molecule has 0 radical (unpaired) electrons. The molecule has 0 aromatic carbocycles. The lowest BCUT2D eigenvalue weighted by Crippen LogP contribution is -2.03. The van der Waals surface area contributed by atoms with E-state index in [2.05, 4.69) is 25.5 Å². The van der Waals surface area contributed by atoms with Gasteiger partial charge < -0.3 is 5.32 Å². The van der Waals surface area contributed by atoms with Crippen LogP contribution in [0.25, 0.3) is 0 Å². The second kappa shape index (κ2) is 6.33. The van der Waals surface area contributed by atoms with Gasteiger partial charge in [-0.1, -0.05) is 6.92 Å². The number of aryl methyl sites for hydroxylation is 1. The maximum atomic E-state index is 11.0. The van der Waals surface area contributed by atoms with Gasteiger partial charge in [-0.15, -0.1) is 5.10 Å². The molecule has 0 atom stereocenters. The number of nitrogens with one attached hydrogen (secondary N) is 2. The Bertz CT molecular complexity index is 615. The molecule has 0 saturated heterocycles. The maximum absolute atomic E-state index is 11.0. The fourth-order valence-corrected chi connectivity index (χ4v) is 2.29. The summed E-state index contributed by atoms with van der Waals surface area (Å²) in [6.07, 6.45) is 0.946. The van der Waals surface area contributed by atoms with Crippen LogP contribution < -0.4 is 5.32 Å². The minimum Gasteiger partial charge on any atom is -0.370 e. The zero-order valence-electron chi connectivity index (χ0n) is 11.1. The Kier molecular flexibility index (Phi) is 4.51. The van der Waals surface area contributed by atoms with Crippen LogP contribution in [0.4, 0.5) is 11.5 Å². The van der Waals surface area contributed by atoms with Crippen LogP contribution in [-0.2, 0) is 0 Å². The van der Waals surface area contributed by atoms with E-state index in [4.69, 9.17) is 0 Å². The van der Waals surface area contributed by atoms with Gasteiger partial charge in [-0.3, -0.25) is 15.2 Å². The molecule has 2 N–H and O–H groups in total. The highest BCUT2D eigenvalue weighted by atomic mass is 32.2. The van der Waals surface area contributed by atoms with Crippen molar-refractivity contribution >= 4 is 23.3 Å². The highest BCUT2D eigenvalue weighted by Crippen LogP contribution is 2.32. The number of H-pyrrole nitrogens is 1. The van der Waals surface area contributed by atoms with Gasteiger partial charge in [0.05, 0.1) is 4.92 Å². The number of hydrogen-bond donors (Lipinski definition) is 2. The smallest absolute Gasteiger partial charge is 0.301 e. The minimum absolute atomic E-state index is 0.0560. The van der Waals surface area contributed by atoms with Crippen LogP contribution in [0.15, 0.2) is 22.3 Å². The van der Waals surface area contributed by atoms with Gasteiger partial charge in [0.15, 0.2) is 5.03 Å². The first-order chi connectivity index (χ1) is 9.60. The van der Waals surface area contributed by atoms with Gasteiger partial charge in [0.1, 0.15) is 11.6 Å². The monoisotopic (exact) mass is 294 g/mol. The third kappa shape index (κ3) is 3.44. The van der Waals surface area contributed by atoms with Crippen molar-refractivity contribution in [3.05, 3.63) is 28.1 Å². The number of pyridine rings is 1. The summed E-state index contributed by atoms with van der Waals surface area (Å²) in [6.45, 7) is 4.55. The zero-order valence-corrected chi connectivity index (χ0v) is 11.9. The first-order valence-electron chi connectivity index (χ1n) is 6.06. The van der Waals surface area contributed by atoms with Gasteiger partial charge in [0, 0.05) is 12.6 Å². The van der Waals surface area contributed by atoms with E-state index in [1.54, 1.807) is 13.0 Å². The number of aromatic amines is 1. The topological polar surface area (TPSA) is 110 Å². The second-order valence-electron chi connectivity index (χ2n) is 4.01. The van der Waals surface area contributed by atoms with Gasteiger partial charge >= 0.3 is 5.69 Å². The predicted molar refractivity (Wildman–Crippen MR) is 74.9 cm³/mol. The second-order valence-corrected chi connectivity index (χ2v) is 4.97. The summed E-state index contributed by atoms with van der Waals surface area (Å²) < 4.78 is 0. The van der Waals surface area contributed by atoms with Crippen molar-refractivity contribution in [2.75, 3.05) is 11.9 Å². The normalized spacial score (nSPS) is 10.5. The molecule has 2 aromatic heterocycles. The van der Waals surface area contributed by atoms with Crippen LogP contribution in [0.3, 0.4) is 0 Å². The average Bonchev–Trinajstić information content (AvgIpc) is 2.81. The Morgan fingerprint density at radius 1 is 1.45 bits per heavy atom. The van der Waals surface area contributed by atoms with Gasteiger partial charge in [-0.05, 0) is 31.2 Å².